The molecule has 0 bridgehead atoms. The van der Waals surface area contributed by atoms with E-state index >= 15 is 0 Å². The molecule has 0 saturated heterocycles. The number of carbonyl (C=O) groups excluding carboxylic acids is 1. The van der Waals surface area contributed by atoms with Crippen LogP contribution in [0, 0.1) is 10.1 Å². The molecule has 0 fully saturated rings. The number of hydrogen-bond acceptors (Lipinski definition) is 5. The Balaban J connectivity index is 2.35. The predicted molar refractivity (Wildman–Crippen MR) is 85.1 cm³/mol. The fourth-order valence-electron chi connectivity index (χ4n) is 1.92. The van der Waals surface area contributed by atoms with E-state index < -0.39 is 16.6 Å². The molecule has 0 amide bonds. The summed E-state index contributed by atoms with van der Waals surface area (Å²) in [6, 6.07) is 6.00. The average molecular weight is 315 g/mol. The number of aromatic nitrogens is 2. The zero-order valence-corrected chi connectivity index (χ0v) is 13.1. The van der Waals surface area contributed by atoms with Crippen molar-refractivity contribution in [3.05, 3.63) is 64.7 Å². The zero-order valence-electron chi connectivity index (χ0n) is 13.1. The third-order valence-corrected chi connectivity index (χ3v) is 2.91. The van der Waals surface area contributed by atoms with E-state index in [1.165, 1.54) is 29.1 Å². The van der Waals surface area contributed by atoms with Gasteiger partial charge in [-0.2, -0.15) is 0 Å². The second-order valence-electron chi connectivity index (χ2n) is 5.89. The van der Waals surface area contributed by atoms with Gasteiger partial charge in [0.25, 0.3) is 5.69 Å². The van der Waals surface area contributed by atoms with Gasteiger partial charge in [-0.05, 0) is 26.3 Å². The summed E-state index contributed by atoms with van der Waals surface area (Å²) in [5, 5.41) is 10.9. The van der Waals surface area contributed by atoms with Gasteiger partial charge in [0.15, 0.2) is 0 Å². The van der Waals surface area contributed by atoms with Crippen LogP contribution in [0.15, 0.2) is 43.2 Å². The maximum Gasteiger partial charge on any atom is 0.420 e. The van der Waals surface area contributed by atoms with E-state index in [1.54, 1.807) is 32.9 Å². The molecule has 0 atom stereocenters. The normalized spacial score (nSPS) is 11.1. The van der Waals surface area contributed by atoms with Gasteiger partial charge in [-0.25, -0.2) is 14.3 Å². The van der Waals surface area contributed by atoms with Crippen LogP contribution in [0.5, 0.6) is 0 Å². The van der Waals surface area contributed by atoms with Crippen molar-refractivity contribution in [2.75, 3.05) is 0 Å². The van der Waals surface area contributed by atoms with E-state index in [9.17, 15) is 14.9 Å². The highest BCUT2D eigenvalue weighted by Crippen LogP contribution is 2.24. The first kappa shape index (κ1) is 16.4. The molecule has 0 aliphatic heterocycles. The van der Waals surface area contributed by atoms with E-state index in [0.29, 0.717) is 11.1 Å². The average Bonchev–Trinajstić information content (AvgIpc) is 2.94. The van der Waals surface area contributed by atoms with Gasteiger partial charge in [0.05, 0.1) is 4.92 Å². The molecule has 0 aliphatic rings. The van der Waals surface area contributed by atoms with Gasteiger partial charge in [0, 0.05) is 30.1 Å². The Morgan fingerprint density at radius 1 is 1.39 bits per heavy atom. The lowest BCUT2D eigenvalue weighted by Crippen LogP contribution is -2.27. The first-order valence-corrected chi connectivity index (χ1v) is 6.90. The highest BCUT2D eigenvalue weighted by Gasteiger charge is 2.21. The first-order chi connectivity index (χ1) is 10.7. The largest absolute Gasteiger partial charge is 0.443 e. The van der Waals surface area contributed by atoms with E-state index in [4.69, 9.17) is 4.74 Å². The Bertz CT molecular complexity index is 772. The minimum atomic E-state index is -0.647. The number of nitrogens with zero attached hydrogens (tertiary/aromatic N) is 3. The number of benzene rings is 1. The Labute approximate surface area is 133 Å². The maximum absolute atomic E-state index is 12.2. The number of imidazole rings is 1. The number of carbonyl (C=O) groups is 1. The van der Waals surface area contributed by atoms with Crippen LogP contribution in [0.4, 0.5) is 10.5 Å². The molecule has 0 saturated carbocycles. The zero-order chi connectivity index (χ0) is 17.2. The van der Waals surface area contributed by atoms with Gasteiger partial charge in [-0.3, -0.25) is 10.1 Å². The van der Waals surface area contributed by atoms with Crippen LogP contribution in [-0.4, -0.2) is 26.2 Å². The van der Waals surface area contributed by atoms with Crippen LogP contribution in [0.3, 0.4) is 0 Å². The molecule has 1 heterocycles. The van der Waals surface area contributed by atoms with Crippen LogP contribution in [0.1, 0.15) is 32.2 Å². The van der Waals surface area contributed by atoms with Crippen LogP contribution in [0.25, 0.3) is 5.57 Å². The van der Waals surface area contributed by atoms with E-state index in [1.807, 2.05) is 0 Å². The number of hydrogen-bond donors (Lipinski definition) is 0. The Kier molecular flexibility index (Phi) is 4.31. The summed E-state index contributed by atoms with van der Waals surface area (Å²) in [5.74, 6) is 0.278. The van der Waals surface area contributed by atoms with Gasteiger partial charge in [0.2, 0.25) is 0 Å². The summed E-state index contributed by atoms with van der Waals surface area (Å²) < 4.78 is 6.53. The summed E-state index contributed by atoms with van der Waals surface area (Å²) in [6.07, 6.45) is 2.32. The fraction of sp³-hybridized carbons (Fsp3) is 0.250. The van der Waals surface area contributed by atoms with Crippen molar-refractivity contribution >= 4 is 17.4 Å². The molecule has 0 aliphatic carbocycles. The van der Waals surface area contributed by atoms with Crippen molar-refractivity contribution in [3.63, 3.8) is 0 Å². The molecule has 1 aromatic heterocycles. The highest BCUT2D eigenvalue weighted by atomic mass is 16.6. The van der Waals surface area contributed by atoms with Crippen molar-refractivity contribution in [2.24, 2.45) is 0 Å². The van der Waals surface area contributed by atoms with Crippen LogP contribution in [-0.2, 0) is 4.74 Å². The molecule has 7 nitrogen and oxygen atoms in total. The monoisotopic (exact) mass is 315 g/mol. The third kappa shape index (κ3) is 3.82. The highest BCUT2D eigenvalue weighted by molar-refractivity contribution is 5.82. The molecule has 1 aromatic carbocycles. The molecule has 23 heavy (non-hydrogen) atoms. The number of nitro groups is 1. The molecule has 120 valence electrons. The second kappa shape index (κ2) is 6.04. The lowest BCUT2D eigenvalue weighted by atomic mass is 10.1. The quantitative estimate of drug-likeness (QED) is 0.637. The fourth-order valence-corrected chi connectivity index (χ4v) is 1.92. The van der Waals surface area contributed by atoms with Gasteiger partial charge in [0.1, 0.15) is 11.4 Å². The topological polar surface area (TPSA) is 87.3 Å². The van der Waals surface area contributed by atoms with Crippen LogP contribution < -0.4 is 0 Å². The minimum Gasteiger partial charge on any atom is -0.443 e. The lowest BCUT2D eigenvalue weighted by molar-refractivity contribution is -0.384. The second-order valence-corrected chi connectivity index (χ2v) is 5.89. The van der Waals surface area contributed by atoms with Gasteiger partial charge in [-0.1, -0.05) is 18.7 Å². The first-order valence-electron chi connectivity index (χ1n) is 6.90. The lowest BCUT2D eigenvalue weighted by Gasteiger charge is -2.20. The van der Waals surface area contributed by atoms with E-state index in [-0.39, 0.29) is 11.5 Å². The van der Waals surface area contributed by atoms with Crippen molar-refractivity contribution < 1.29 is 14.5 Å². The molecule has 0 N–H and O–H groups in total. The van der Waals surface area contributed by atoms with Gasteiger partial charge in [-0.15, -0.1) is 0 Å². The van der Waals surface area contributed by atoms with Crippen molar-refractivity contribution in [3.8, 4) is 0 Å². The number of ether oxygens (including phenoxy) is 1. The summed E-state index contributed by atoms with van der Waals surface area (Å²) in [4.78, 5) is 26.7. The standard InChI is InChI=1S/C16H17N3O4/c1-11(12-6-5-7-13(10-12)19(21)22)14-17-8-9-18(14)15(20)23-16(2,3)4/h5-10H,1H2,2-4H3. The van der Waals surface area contributed by atoms with E-state index in [2.05, 4.69) is 11.6 Å². The number of rotatable bonds is 3. The molecular weight excluding hydrogens is 298 g/mol. The third-order valence-electron chi connectivity index (χ3n) is 2.91. The molecule has 7 heteroatoms. The Morgan fingerprint density at radius 3 is 2.70 bits per heavy atom. The van der Waals surface area contributed by atoms with Crippen LogP contribution >= 0.6 is 0 Å². The SMILES string of the molecule is C=C(c1cccc([N+](=O)[O-])c1)c1nccn1C(=O)OC(C)(C)C. The number of non-ortho nitro benzene ring substituents is 1. The summed E-state index contributed by atoms with van der Waals surface area (Å²) in [6.45, 7) is 9.18. The van der Waals surface area contributed by atoms with Crippen molar-refractivity contribution in [1.82, 2.24) is 9.55 Å². The Hall–Kier alpha value is -2.96. The summed E-state index contributed by atoms with van der Waals surface area (Å²) >= 11 is 0. The van der Waals surface area contributed by atoms with Crippen molar-refractivity contribution in [1.29, 1.82) is 0 Å². The molecule has 0 radical (unpaired) electrons. The van der Waals surface area contributed by atoms with Gasteiger partial charge >= 0.3 is 6.09 Å². The summed E-state index contributed by atoms with van der Waals surface area (Å²) in [7, 11) is 0. The molecule has 0 unspecified atom stereocenters. The predicted octanol–water partition coefficient (Wildman–Crippen LogP) is 3.64. The molecule has 2 rings (SSSR count). The van der Waals surface area contributed by atoms with Gasteiger partial charge < -0.3 is 4.74 Å². The molecule has 0 spiro atoms. The number of nitro benzene ring substituents is 1. The van der Waals surface area contributed by atoms with E-state index in [0.717, 1.165) is 0 Å². The smallest absolute Gasteiger partial charge is 0.420 e. The molecule has 2 aromatic rings. The maximum atomic E-state index is 12.2. The molecular formula is C16H17N3O4. The van der Waals surface area contributed by atoms with Crippen LogP contribution in [0.2, 0.25) is 0 Å². The minimum absolute atomic E-state index is 0.0565. The Morgan fingerprint density at radius 2 is 2.09 bits per heavy atom. The van der Waals surface area contributed by atoms with Crippen molar-refractivity contribution in [2.45, 2.75) is 26.4 Å². The summed E-state index contributed by atoms with van der Waals surface area (Å²) in [5.41, 5.74) is 0.199.